The largest absolute Gasteiger partial charge is 0.478 e. The average Bonchev–Trinajstić information content (AvgIpc) is 2.37. The Balaban J connectivity index is 3.53. The van der Waals surface area contributed by atoms with Crippen LogP contribution < -0.4 is 0 Å². The molecule has 6 nitrogen and oxygen atoms in total. The Morgan fingerprint density at radius 3 is 2.05 bits per heavy atom. The van der Waals surface area contributed by atoms with Gasteiger partial charge in [-0.25, -0.2) is 9.59 Å². The van der Waals surface area contributed by atoms with Crippen LogP contribution in [0, 0.1) is 5.92 Å². The van der Waals surface area contributed by atoms with Gasteiger partial charge in [-0.05, 0) is 13.0 Å². The third-order valence-corrected chi connectivity index (χ3v) is 2.73. The second-order valence-electron chi connectivity index (χ2n) is 4.03. The van der Waals surface area contributed by atoms with Crippen molar-refractivity contribution in [3.63, 3.8) is 0 Å². The van der Waals surface area contributed by atoms with Crippen molar-refractivity contribution in [1.29, 1.82) is 0 Å². The van der Waals surface area contributed by atoms with E-state index < -0.39 is 40.5 Å². The Bertz CT molecular complexity index is 614. The Morgan fingerprint density at radius 2 is 1.65 bits per heavy atom. The first-order valence-corrected chi connectivity index (χ1v) is 5.58. The molecule has 0 heterocycles. The summed E-state index contributed by atoms with van der Waals surface area (Å²) in [4.78, 5) is 45.7. The number of hydrogen-bond acceptors (Lipinski definition) is 4. The fourth-order valence-corrected chi connectivity index (χ4v) is 1.79. The molecule has 0 bridgehead atoms. The van der Waals surface area contributed by atoms with Gasteiger partial charge in [-0.1, -0.05) is 18.2 Å². The number of rotatable bonds is 6. The van der Waals surface area contributed by atoms with E-state index in [-0.39, 0.29) is 5.56 Å². The smallest absolute Gasteiger partial charge is 0.337 e. The molecule has 0 fully saturated rings. The molecule has 2 N–H and O–H groups in total. The van der Waals surface area contributed by atoms with Crippen LogP contribution in [-0.4, -0.2) is 33.7 Å². The van der Waals surface area contributed by atoms with E-state index in [9.17, 15) is 19.2 Å². The van der Waals surface area contributed by atoms with Gasteiger partial charge >= 0.3 is 11.9 Å². The van der Waals surface area contributed by atoms with Crippen LogP contribution in [0.15, 0.2) is 30.9 Å². The Kier molecular flexibility index (Phi) is 4.53. The van der Waals surface area contributed by atoms with Crippen LogP contribution in [0.4, 0.5) is 0 Å². The third kappa shape index (κ3) is 2.80. The lowest BCUT2D eigenvalue weighted by molar-refractivity contribution is -0.118. The Morgan fingerprint density at radius 1 is 1.10 bits per heavy atom. The first kappa shape index (κ1) is 15.3. The number of benzene rings is 1. The number of Topliss-reactive ketones (excluding diaryl/α,β-unsaturated/α-hetero) is 2. The molecule has 0 aliphatic carbocycles. The average molecular weight is 276 g/mol. The summed E-state index contributed by atoms with van der Waals surface area (Å²) in [5.41, 5.74) is -1.45. The summed E-state index contributed by atoms with van der Waals surface area (Å²) in [5.74, 6) is -5.49. The topological polar surface area (TPSA) is 109 Å². The predicted molar refractivity (Wildman–Crippen MR) is 69.1 cm³/mol. The van der Waals surface area contributed by atoms with Gasteiger partial charge in [0, 0.05) is 5.56 Å². The molecule has 0 saturated carbocycles. The number of aromatic carboxylic acids is 2. The van der Waals surface area contributed by atoms with Gasteiger partial charge in [0.05, 0.1) is 17.0 Å². The maximum Gasteiger partial charge on any atom is 0.337 e. The van der Waals surface area contributed by atoms with E-state index in [0.717, 1.165) is 12.1 Å². The second-order valence-corrected chi connectivity index (χ2v) is 4.03. The van der Waals surface area contributed by atoms with Crippen molar-refractivity contribution >= 4 is 23.5 Å². The van der Waals surface area contributed by atoms with Crippen LogP contribution in [0.2, 0.25) is 0 Å². The lowest BCUT2D eigenvalue weighted by Gasteiger charge is -2.11. The molecule has 0 saturated heterocycles. The first-order chi connectivity index (χ1) is 9.31. The molecule has 0 aromatic heterocycles. The van der Waals surface area contributed by atoms with Crippen molar-refractivity contribution in [3.05, 3.63) is 47.5 Å². The second kappa shape index (κ2) is 5.92. The maximum absolute atomic E-state index is 12.2. The van der Waals surface area contributed by atoms with E-state index in [1.54, 1.807) is 0 Å². The number of carboxylic acid groups (broad SMARTS) is 2. The molecule has 1 aromatic carbocycles. The van der Waals surface area contributed by atoms with Gasteiger partial charge in [-0.15, -0.1) is 6.58 Å². The third-order valence-electron chi connectivity index (χ3n) is 2.73. The van der Waals surface area contributed by atoms with Gasteiger partial charge in [0.15, 0.2) is 5.78 Å². The number of carbonyl (C=O) groups is 4. The number of hydrogen-bond donors (Lipinski definition) is 2. The molecular formula is C14H12O6. The van der Waals surface area contributed by atoms with Crippen molar-refractivity contribution in [3.8, 4) is 0 Å². The molecule has 1 rings (SSSR count). The van der Waals surface area contributed by atoms with Crippen LogP contribution in [0.1, 0.15) is 38.0 Å². The molecule has 1 aromatic rings. The van der Waals surface area contributed by atoms with Crippen LogP contribution in [0.5, 0.6) is 0 Å². The molecule has 20 heavy (non-hydrogen) atoms. The van der Waals surface area contributed by atoms with Crippen LogP contribution in [0.3, 0.4) is 0 Å². The lowest BCUT2D eigenvalue weighted by atomic mass is 9.89. The maximum atomic E-state index is 12.2. The first-order valence-electron chi connectivity index (χ1n) is 5.58. The zero-order valence-electron chi connectivity index (χ0n) is 10.6. The standard InChI is InChI=1S/C14H12O6/c1-3-8(7(2)15)12(16)9-5-4-6-10(13(17)18)11(9)14(19)20/h3-6,8H,1H2,2H3,(H,17,18)(H,19,20). The highest BCUT2D eigenvalue weighted by molar-refractivity contribution is 6.17. The minimum atomic E-state index is -1.54. The zero-order valence-corrected chi connectivity index (χ0v) is 10.6. The number of allylic oxidation sites excluding steroid dienone is 1. The predicted octanol–water partition coefficient (Wildman–Crippen LogP) is 1.66. The highest BCUT2D eigenvalue weighted by Gasteiger charge is 2.28. The fraction of sp³-hybridized carbons (Fsp3) is 0.143. The van der Waals surface area contributed by atoms with E-state index in [0.29, 0.717) is 0 Å². The van der Waals surface area contributed by atoms with Crippen molar-refractivity contribution in [2.24, 2.45) is 5.92 Å². The Hall–Kier alpha value is -2.76. The highest BCUT2D eigenvalue weighted by Crippen LogP contribution is 2.20. The highest BCUT2D eigenvalue weighted by atomic mass is 16.4. The summed E-state index contributed by atoms with van der Waals surface area (Å²) in [6.07, 6.45) is 1.10. The van der Waals surface area contributed by atoms with Gasteiger partial charge in [0.25, 0.3) is 0 Å². The molecule has 0 radical (unpaired) electrons. The van der Waals surface area contributed by atoms with Crippen LogP contribution >= 0.6 is 0 Å². The SMILES string of the molecule is C=CC(C(C)=O)C(=O)c1cccc(C(=O)O)c1C(=O)O. The quantitative estimate of drug-likeness (QED) is 0.464. The van der Waals surface area contributed by atoms with Gasteiger partial charge < -0.3 is 10.2 Å². The molecule has 104 valence electrons. The van der Waals surface area contributed by atoms with E-state index in [2.05, 4.69) is 6.58 Å². The molecule has 0 amide bonds. The van der Waals surface area contributed by atoms with Crippen LogP contribution in [-0.2, 0) is 4.79 Å². The minimum Gasteiger partial charge on any atom is -0.478 e. The number of carbonyl (C=O) groups excluding carboxylic acids is 2. The summed E-state index contributed by atoms with van der Waals surface area (Å²) in [5, 5.41) is 18.1. The summed E-state index contributed by atoms with van der Waals surface area (Å²) in [6, 6.07) is 3.51. The normalized spacial score (nSPS) is 11.4. The van der Waals surface area contributed by atoms with E-state index in [1.807, 2.05) is 0 Å². The molecule has 0 aliphatic rings. The minimum absolute atomic E-state index is 0.322. The molecule has 0 aliphatic heterocycles. The molecule has 0 spiro atoms. The van der Waals surface area contributed by atoms with Crippen molar-refractivity contribution in [1.82, 2.24) is 0 Å². The summed E-state index contributed by atoms with van der Waals surface area (Å²) in [6.45, 7) is 4.53. The van der Waals surface area contributed by atoms with Crippen molar-refractivity contribution < 1.29 is 29.4 Å². The van der Waals surface area contributed by atoms with E-state index in [1.165, 1.54) is 19.1 Å². The monoisotopic (exact) mass is 276 g/mol. The van der Waals surface area contributed by atoms with Crippen molar-refractivity contribution in [2.45, 2.75) is 6.92 Å². The van der Waals surface area contributed by atoms with Gasteiger partial charge in [0.2, 0.25) is 0 Å². The molecule has 1 atom stereocenters. The van der Waals surface area contributed by atoms with E-state index in [4.69, 9.17) is 10.2 Å². The van der Waals surface area contributed by atoms with Crippen LogP contribution in [0.25, 0.3) is 0 Å². The summed E-state index contributed by atoms with van der Waals surface area (Å²) >= 11 is 0. The molecule has 6 heteroatoms. The molecule has 1 unspecified atom stereocenters. The van der Waals surface area contributed by atoms with Gasteiger partial charge in [0.1, 0.15) is 5.78 Å². The van der Waals surface area contributed by atoms with E-state index >= 15 is 0 Å². The summed E-state index contributed by atoms with van der Waals surface area (Å²) < 4.78 is 0. The van der Waals surface area contributed by atoms with Crippen molar-refractivity contribution in [2.75, 3.05) is 0 Å². The fourth-order valence-electron chi connectivity index (χ4n) is 1.79. The zero-order chi connectivity index (χ0) is 15.4. The van der Waals surface area contributed by atoms with Gasteiger partial charge in [-0.3, -0.25) is 9.59 Å². The van der Waals surface area contributed by atoms with Gasteiger partial charge in [-0.2, -0.15) is 0 Å². The number of carboxylic acids is 2. The molecular weight excluding hydrogens is 264 g/mol. The number of ketones is 2. The lowest BCUT2D eigenvalue weighted by Crippen LogP contribution is -2.23. The Labute approximate surface area is 114 Å². The summed E-state index contributed by atoms with van der Waals surface area (Å²) in [7, 11) is 0.